The molecular formula is C13H18OS. The van der Waals surface area contributed by atoms with Gasteiger partial charge in [-0.1, -0.05) is 56.0 Å². The molecule has 0 aliphatic carbocycles. The summed E-state index contributed by atoms with van der Waals surface area (Å²) in [5.41, 5.74) is 0.842. The molecule has 2 heteroatoms. The van der Waals surface area contributed by atoms with Gasteiger partial charge in [-0.25, -0.2) is 0 Å². The van der Waals surface area contributed by atoms with E-state index >= 15 is 0 Å². The third kappa shape index (κ3) is 6.22. The summed E-state index contributed by atoms with van der Waals surface area (Å²) >= 11 is 4.03. The summed E-state index contributed by atoms with van der Waals surface area (Å²) in [4.78, 5) is 0. The van der Waals surface area contributed by atoms with Crippen molar-refractivity contribution in [1.29, 1.82) is 0 Å². The summed E-state index contributed by atoms with van der Waals surface area (Å²) in [6.07, 6.45) is 0.0496. The van der Waals surface area contributed by atoms with Gasteiger partial charge in [-0.2, -0.15) is 12.6 Å². The molecule has 0 aromatic heterocycles. The SMILES string of the molecule is CC.OC(C#CCCS)c1ccccc1. The van der Waals surface area contributed by atoms with Gasteiger partial charge in [0.2, 0.25) is 0 Å². The molecule has 0 saturated carbocycles. The van der Waals surface area contributed by atoms with Crippen LogP contribution in [0.25, 0.3) is 0 Å². The molecule has 82 valence electrons. The molecule has 0 aliphatic heterocycles. The zero-order valence-corrected chi connectivity index (χ0v) is 10.2. The molecule has 0 heterocycles. The molecule has 15 heavy (non-hydrogen) atoms. The van der Waals surface area contributed by atoms with Crippen molar-refractivity contribution in [3.63, 3.8) is 0 Å². The maximum Gasteiger partial charge on any atom is 0.140 e. The third-order valence-corrected chi connectivity index (χ3v) is 1.81. The lowest BCUT2D eigenvalue weighted by Crippen LogP contribution is -1.92. The Morgan fingerprint density at radius 2 is 1.87 bits per heavy atom. The molecule has 1 rings (SSSR count). The zero-order valence-electron chi connectivity index (χ0n) is 9.27. The molecule has 1 atom stereocenters. The van der Waals surface area contributed by atoms with Gasteiger partial charge in [-0.3, -0.25) is 0 Å². The number of aliphatic hydroxyl groups excluding tert-OH is 1. The number of hydrogen-bond donors (Lipinski definition) is 2. The Bertz CT molecular complexity index is 297. The summed E-state index contributed by atoms with van der Waals surface area (Å²) in [6, 6.07) is 9.41. The molecular weight excluding hydrogens is 204 g/mol. The van der Waals surface area contributed by atoms with Gasteiger partial charge in [0, 0.05) is 12.2 Å². The third-order valence-electron chi connectivity index (χ3n) is 1.59. The van der Waals surface area contributed by atoms with Crippen LogP contribution in [0.3, 0.4) is 0 Å². The van der Waals surface area contributed by atoms with E-state index < -0.39 is 6.10 Å². The largest absolute Gasteiger partial charge is 0.376 e. The van der Waals surface area contributed by atoms with Crippen LogP contribution < -0.4 is 0 Å². The Kier molecular flexibility index (Phi) is 9.05. The van der Waals surface area contributed by atoms with E-state index in [1.807, 2.05) is 44.2 Å². The predicted octanol–water partition coefficient (Wildman–Crippen LogP) is 3.07. The average molecular weight is 222 g/mol. The van der Waals surface area contributed by atoms with Crippen molar-refractivity contribution in [2.75, 3.05) is 5.75 Å². The van der Waals surface area contributed by atoms with Crippen molar-refractivity contribution in [1.82, 2.24) is 0 Å². The van der Waals surface area contributed by atoms with Crippen LogP contribution in [-0.4, -0.2) is 10.9 Å². The van der Waals surface area contributed by atoms with E-state index in [9.17, 15) is 5.11 Å². The first-order valence-corrected chi connectivity index (χ1v) is 5.80. The molecule has 1 nitrogen and oxygen atoms in total. The Morgan fingerprint density at radius 1 is 1.27 bits per heavy atom. The molecule has 0 fully saturated rings. The molecule has 0 aliphatic rings. The molecule has 1 N–H and O–H groups in total. The van der Waals surface area contributed by atoms with Crippen LogP contribution in [-0.2, 0) is 0 Å². The number of thiol groups is 1. The lowest BCUT2D eigenvalue weighted by atomic mass is 10.1. The van der Waals surface area contributed by atoms with Gasteiger partial charge in [0.25, 0.3) is 0 Å². The standard InChI is InChI=1S/C11H12OS.C2H6/c12-11(8-4-5-9-13)10-6-2-1-3-7-10;1-2/h1-3,6-7,11-13H,5,9H2;1-2H3. The van der Waals surface area contributed by atoms with Crippen LogP contribution >= 0.6 is 12.6 Å². The summed E-state index contributed by atoms with van der Waals surface area (Å²) in [6.45, 7) is 4.00. The monoisotopic (exact) mass is 222 g/mol. The minimum Gasteiger partial charge on any atom is -0.376 e. The van der Waals surface area contributed by atoms with Crippen LogP contribution in [0.5, 0.6) is 0 Å². The van der Waals surface area contributed by atoms with E-state index in [4.69, 9.17) is 0 Å². The van der Waals surface area contributed by atoms with Gasteiger partial charge < -0.3 is 5.11 Å². The van der Waals surface area contributed by atoms with Gasteiger partial charge in [0.15, 0.2) is 0 Å². The minimum absolute atomic E-state index is 0.666. The van der Waals surface area contributed by atoms with E-state index in [2.05, 4.69) is 24.5 Å². The van der Waals surface area contributed by atoms with Crippen molar-refractivity contribution in [3.8, 4) is 11.8 Å². The van der Waals surface area contributed by atoms with Gasteiger partial charge >= 0.3 is 0 Å². The first kappa shape index (κ1) is 14.1. The van der Waals surface area contributed by atoms with Crippen molar-refractivity contribution in [2.24, 2.45) is 0 Å². The second-order valence-corrected chi connectivity index (χ2v) is 3.06. The summed E-state index contributed by atoms with van der Waals surface area (Å²) < 4.78 is 0. The second kappa shape index (κ2) is 9.64. The highest BCUT2D eigenvalue weighted by Gasteiger charge is 1.99. The van der Waals surface area contributed by atoms with Crippen molar-refractivity contribution < 1.29 is 5.11 Å². The first-order chi connectivity index (χ1) is 7.34. The normalized spacial score (nSPS) is 10.4. The molecule has 1 unspecified atom stereocenters. The van der Waals surface area contributed by atoms with Gasteiger partial charge in [0.05, 0.1) is 0 Å². The Balaban J connectivity index is 0.000000921. The average Bonchev–Trinajstić information content (AvgIpc) is 2.33. The number of hydrogen-bond acceptors (Lipinski definition) is 2. The van der Waals surface area contributed by atoms with Crippen LogP contribution in [0.4, 0.5) is 0 Å². The van der Waals surface area contributed by atoms with E-state index in [-0.39, 0.29) is 0 Å². The van der Waals surface area contributed by atoms with Crippen LogP contribution in [0, 0.1) is 11.8 Å². The predicted molar refractivity (Wildman–Crippen MR) is 69.0 cm³/mol. The topological polar surface area (TPSA) is 20.2 Å². The van der Waals surface area contributed by atoms with Crippen LogP contribution in [0.2, 0.25) is 0 Å². The Hall–Kier alpha value is -0.910. The lowest BCUT2D eigenvalue weighted by molar-refractivity contribution is 0.238. The fourth-order valence-corrected chi connectivity index (χ4v) is 1.06. The van der Waals surface area contributed by atoms with Crippen molar-refractivity contribution in [3.05, 3.63) is 35.9 Å². The van der Waals surface area contributed by atoms with Crippen LogP contribution in [0.1, 0.15) is 31.9 Å². The summed E-state index contributed by atoms with van der Waals surface area (Å²) in [7, 11) is 0. The van der Waals surface area contributed by atoms with Gasteiger partial charge in [0.1, 0.15) is 6.10 Å². The highest BCUT2D eigenvalue weighted by atomic mass is 32.1. The smallest absolute Gasteiger partial charge is 0.140 e. The van der Waals surface area contributed by atoms with E-state index in [1.165, 1.54) is 0 Å². The molecule has 0 bridgehead atoms. The zero-order chi connectivity index (χ0) is 11.5. The number of aliphatic hydroxyl groups is 1. The first-order valence-electron chi connectivity index (χ1n) is 5.17. The summed E-state index contributed by atoms with van der Waals surface area (Å²) in [5.74, 6) is 6.34. The van der Waals surface area contributed by atoms with E-state index in [0.717, 1.165) is 11.3 Å². The highest BCUT2D eigenvalue weighted by molar-refractivity contribution is 7.80. The molecule has 1 aromatic carbocycles. The molecule has 0 saturated heterocycles. The van der Waals surface area contributed by atoms with Crippen molar-refractivity contribution >= 4 is 12.6 Å². The molecule has 0 spiro atoms. The molecule has 1 aromatic rings. The van der Waals surface area contributed by atoms with Gasteiger partial charge in [-0.05, 0) is 5.56 Å². The minimum atomic E-state index is -0.666. The quantitative estimate of drug-likeness (QED) is 0.582. The Labute approximate surface area is 97.9 Å². The van der Waals surface area contributed by atoms with E-state index in [0.29, 0.717) is 6.42 Å². The molecule has 0 radical (unpaired) electrons. The number of benzene rings is 1. The van der Waals surface area contributed by atoms with Gasteiger partial charge in [-0.15, -0.1) is 0 Å². The maximum atomic E-state index is 9.55. The Morgan fingerprint density at radius 3 is 2.40 bits per heavy atom. The maximum absolute atomic E-state index is 9.55. The van der Waals surface area contributed by atoms with Crippen molar-refractivity contribution in [2.45, 2.75) is 26.4 Å². The molecule has 0 amide bonds. The lowest BCUT2D eigenvalue weighted by Gasteiger charge is -2.01. The fourth-order valence-electron chi connectivity index (χ4n) is 0.943. The van der Waals surface area contributed by atoms with E-state index in [1.54, 1.807) is 0 Å². The highest BCUT2D eigenvalue weighted by Crippen LogP contribution is 2.09. The fraction of sp³-hybridized carbons (Fsp3) is 0.385. The number of rotatable bonds is 2. The second-order valence-electron chi connectivity index (χ2n) is 2.61. The summed E-state index contributed by atoms with van der Waals surface area (Å²) in [5, 5.41) is 9.55. The van der Waals surface area contributed by atoms with Crippen LogP contribution in [0.15, 0.2) is 30.3 Å².